The quantitative estimate of drug-likeness (QED) is 0.672. The minimum absolute atomic E-state index is 0.422. The molecule has 2 aromatic carbocycles. The minimum Gasteiger partial charge on any atom is -0.465 e. The second-order valence-corrected chi connectivity index (χ2v) is 4.49. The number of carbonyl (C=O) groups is 2. The van der Waals surface area contributed by atoms with Crippen molar-refractivity contribution in [3.8, 4) is 11.1 Å². The van der Waals surface area contributed by atoms with E-state index in [2.05, 4.69) is 10.1 Å². The molecule has 0 aliphatic rings. The number of methoxy groups -OCH3 is 2. The number of nitrogen functional groups attached to an aromatic ring is 1. The van der Waals surface area contributed by atoms with E-state index in [1.165, 1.54) is 14.2 Å². The van der Waals surface area contributed by atoms with E-state index in [0.717, 1.165) is 5.56 Å². The Labute approximate surface area is 127 Å². The number of hydrogen-bond acceptors (Lipinski definition) is 5. The van der Waals surface area contributed by atoms with Crippen molar-refractivity contribution >= 4 is 23.4 Å². The molecular formula is C16H16N2O4. The third kappa shape index (κ3) is 3.35. The van der Waals surface area contributed by atoms with Crippen LogP contribution in [0.3, 0.4) is 0 Å². The molecule has 0 unspecified atom stereocenters. The van der Waals surface area contributed by atoms with Gasteiger partial charge >= 0.3 is 12.1 Å². The lowest BCUT2D eigenvalue weighted by Gasteiger charge is -2.10. The van der Waals surface area contributed by atoms with Crippen LogP contribution in [-0.4, -0.2) is 26.3 Å². The zero-order valence-corrected chi connectivity index (χ0v) is 12.3. The van der Waals surface area contributed by atoms with Crippen molar-refractivity contribution in [2.75, 3.05) is 25.3 Å². The fraction of sp³-hybridized carbons (Fsp3) is 0.125. The van der Waals surface area contributed by atoms with Crippen LogP contribution < -0.4 is 11.1 Å². The Kier molecular flexibility index (Phi) is 4.63. The van der Waals surface area contributed by atoms with Crippen LogP contribution in [0.1, 0.15) is 10.4 Å². The SMILES string of the molecule is COC(=O)Nc1ccc(-c2cc(N)ccc2C(=O)OC)cc1. The van der Waals surface area contributed by atoms with E-state index in [-0.39, 0.29) is 0 Å². The van der Waals surface area contributed by atoms with Gasteiger partial charge in [0, 0.05) is 11.4 Å². The van der Waals surface area contributed by atoms with Crippen LogP contribution >= 0.6 is 0 Å². The van der Waals surface area contributed by atoms with Crippen LogP contribution in [0.5, 0.6) is 0 Å². The van der Waals surface area contributed by atoms with Crippen molar-refractivity contribution in [2.45, 2.75) is 0 Å². The number of esters is 1. The number of nitrogens with two attached hydrogens (primary N) is 1. The first-order valence-corrected chi connectivity index (χ1v) is 6.48. The molecule has 0 saturated carbocycles. The van der Waals surface area contributed by atoms with Gasteiger partial charge in [-0.2, -0.15) is 0 Å². The summed E-state index contributed by atoms with van der Waals surface area (Å²) in [6.07, 6.45) is -0.549. The van der Waals surface area contributed by atoms with Crippen molar-refractivity contribution in [1.29, 1.82) is 0 Å². The molecule has 0 heterocycles. The Balaban J connectivity index is 2.37. The highest BCUT2D eigenvalue weighted by molar-refractivity contribution is 5.98. The van der Waals surface area contributed by atoms with Crippen LogP contribution in [0, 0.1) is 0 Å². The molecule has 0 spiro atoms. The summed E-state index contributed by atoms with van der Waals surface area (Å²) in [5.74, 6) is -0.438. The average molecular weight is 300 g/mol. The van der Waals surface area contributed by atoms with E-state index in [0.29, 0.717) is 22.5 Å². The zero-order chi connectivity index (χ0) is 16.1. The van der Waals surface area contributed by atoms with E-state index in [1.54, 1.807) is 42.5 Å². The molecule has 6 nitrogen and oxygen atoms in total. The lowest BCUT2D eigenvalue weighted by molar-refractivity contribution is 0.0601. The first-order chi connectivity index (χ1) is 10.5. The van der Waals surface area contributed by atoms with Crippen molar-refractivity contribution in [3.63, 3.8) is 0 Å². The smallest absolute Gasteiger partial charge is 0.411 e. The molecule has 0 atom stereocenters. The number of carbonyl (C=O) groups excluding carboxylic acids is 2. The molecule has 2 aromatic rings. The van der Waals surface area contributed by atoms with Gasteiger partial charge in [0.15, 0.2) is 0 Å². The predicted molar refractivity (Wildman–Crippen MR) is 83.7 cm³/mol. The van der Waals surface area contributed by atoms with Gasteiger partial charge < -0.3 is 15.2 Å². The van der Waals surface area contributed by atoms with E-state index < -0.39 is 12.1 Å². The monoisotopic (exact) mass is 300 g/mol. The summed E-state index contributed by atoms with van der Waals surface area (Å²) in [5.41, 5.74) is 8.78. The van der Waals surface area contributed by atoms with Crippen LogP contribution in [0.2, 0.25) is 0 Å². The molecule has 0 aliphatic heterocycles. The Hall–Kier alpha value is -3.02. The van der Waals surface area contributed by atoms with Gasteiger partial charge in [-0.25, -0.2) is 9.59 Å². The van der Waals surface area contributed by atoms with Gasteiger partial charge in [0.25, 0.3) is 0 Å². The third-order valence-electron chi connectivity index (χ3n) is 3.08. The molecule has 0 bridgehead atoms. The van der Waals surface area contributed by atoms with Crippen LogP contribution in [0.4, 0.5) is 16.2 Å². The van der Waals surface area contributed by atoms with Gasteiger partial charge in [-0.15, -0.1) is 0 Å². The summed E-state index contributed by atoms with van der Waals surface area (Å²) in [4.78, 5) is 23.0. The lowest BCUT2D eigenvalue weighted by Crippen LogP contribution is -2.10. The summed E-state index contributed by atoms with van der Waals surface area (Å²) in [6.45, 7) is 0. The van der Waals surface area contributed by atoms with Crippen molar-refractivity contribution in [3.05, 3.63) is 48.0 Å². The number of benzene rings is 2. The molecule has 22 heavy (non-hydrogen) atoms. The van der Waals surface area contributed by atoms with E-state index in [1.807, 2.05) is 0 Å². The number of nitrogens with one attached hydrogen (secondary N) is 1. The Bertz CT molecular complexity index is 696. The summed E-state index contributed by atoms with van der Waals surface area (Å²) in [7, 11) is 2.62. The van der Waals surface area contributed by atoms with Crippen LogP contribution in [0.25, 0.3) is 11.1 Å². The van der Waals surface area contributed by atoms with E-state index in [4.69, 9.17) is 10.5 Å². The van der Waals surface area contributed by atoms with E-state index >= 15 is 0 Å². The normalized spacial score (nSPS) is 9.91. The molecule has 6 heteroatoms. The molecule has 0 radical (unpaired) electrons. The summed E-state index contributed by atoms with van der Waals surface area (Å²) in [6, 6.07) is 11.9. The molecular weight excluding hydrogens is 284 g/mol. The molecule has 3 N–H and O–H groups in total. The van der Waals surface area contributed by atoms with Gasteiger partial charge in [0.05, 0.1) is 19.8 Å². The minimum atomic E-state index is -0.549. The Morgan fingerprint density at radius 2 is 1.68 bits per heavy atom. The molecule has 1 amide bonds. The number of anilines is 2. The molecule has 0 aliphatic carbocycles. The topological polar surface area (TPSA) is 90.6 Å². The Morgan fingerprint density at radius 1 is 1.00 bits per heavy atom. The van der Waals surface area contributed by atoms with Crippen molar-refractivity contribution in [1.82, 2.24) is 0 Å². The van der Waals surface area contributed by atoms with Gasteiger partial charge in [-0.05, 0) is 41.5 Å². The number of ether oxygens (including phenoxy) is 2. The molecule has 0 aromatic heterocycles. The number of rotatable bonds is 3. The fourth-order valence-electron chi connectivity index (χ4n) is 1.99. The highest BCUT2D eigenvalue weighted by atomic mass is 16.5. The average Bonchev–Trinajstić information content (AvgIpc) is 2.54. The largest absolute Gasteiger partial charge is 0.465 e. The van der Waals surface area contributed by atoms with Crippen molar-refractivity contribution < 1.29 is 19.1 Å². The van der Waals surface area contributed by atoms with Gasteiger partial charge in [0.1, 0.15) is 0 Å². The van der Waals surface area contributed by atoms with Crippen LogP contribution in [-0.2, 0) is 9.47 Å². The van der Waals surface area contributed by atoms with Crippen LogP contribution in [0.15, 0.2) is 42.5 Å². The molecule has 2 rings (SSSR count). The standard InChI is InChI=1S/C16H16N2O4/c1-21-15(19)13-8-5-11(17)9-14(13)10-3-6-12(7-4-10)18-16(20)22-2/h3-9H,17H2,1-2H3,(H,18,20). The lowest BCUT2D eigenvalue weighted by atomic mass is 9.98. The predicted octanol–water partition coefficient (Wildman–Crippen LogP) is 2.90. The maximum atomic E-state index is 11.8. The number of hydrogen-bond donors (Lipinski definition) is 2. The molecule has 114 valence electrons. The highest BCUT2D eigenvalue weighted by Crippen LogP contribution is 2.28. The molecule has 0 saturated heterocycles. The maximum absolute atomic E-state index is 11.8. The van der Waals surface area contributed by atoms with Gasteiger partial charge in [-0.1, -0.05) is 12.1 Å². The first-order valence-electron chi connectivity index (χ1n) is 6.48. The second-order valence-electron chi connectivity index (χ2n) is 4.49. The zero-order valence-electron chi connectivity index (χ0n) is 12.3. The first kappa shape index (κ1) is 15.4. The Morgan fingerprint density at radius 3 is 2.27 bits per heavy atom. The third-order valence-corrected chi connectivity index (χ3v) is 3.08. The number of amides is 1. The highest BCUT2D eigenvalue weighted by Gasteiger charge is 2.13. The summed E-state index contributed by atoms with van der Waals surface area (Å²) >= 11 is 0. The fourth-order valence-corrected chi connectivity index (χ4v) is 1.99. The maximum Gasteiger partial charge on any atom is 0.411 e. The summed E-state index contributed by atoms with van der Waals surface area (Å²) < 4.78 is 9.30. The van der Waals surface area contributed by atoms with Crippen molar-refractivity contribution in [2.24, 2.45) is 0 Å². The van der Waals surface area contributed by atoms with Gasteiger partial charge in [0.2, 0.25) is 0 Å². The summed E-state index contributed by atoms with van der Waals surface area (Å²) in [5, 5.41) is 2.55. The van der Waals surface area contributed by atoms with E-state index in [9.17, 15) is 9.59 Å². The molecule has 0 fully saturated rings. The van der Waals surface area contributed by atoms with Gasteiger partial charge in [-0.3, -0.25) is 5.32 Å². The second kappa shape index (κ2) is 6.62.